The molecule has 0 heterocycles. The van der Waals surface area contributed by atoms with Gasteiger partial charge < -0.3 is 0 Å². The monoisotopic (exact) mass is 79.0 g/mol. The zero-order chi connectivity index (χ0) is 3.58. The lowest BCUT2D eigenvalue weighted by Crippen LogP contribution is -1.49. The Kier molecular flexibility index (Phi) is 0.979. The van der Waals surface area contributed by atoms with Crippen LogP contribution in [0.4, 0.5) is 0 Å². The van der Waals surface area contributed by atoms with Crippen LogP contribution in [0.5, 0.6) is 0 Å². The fraction of sp³-hybridized carbons (Fsp3) is 0. The van der Waals surface area contributed by atoms with E-state index in [1.54, 1.807) is 0 Å². The first-order valence-corrected chi connectivity index (χ1v) is 1.60. The van der Waals surface area contributed by atoms with Crippen molar-refractivity contribution in [3.63, 3.8) is 0 Å². The van der Waals surface area contributed by atoms with Gasteiger partial charge in [-0.1, -0.05) is 0 Å². The molecule has 24 valence electrons. The largest absolute Gasteiger partial charge is 0.304 e. The van der Waals surface area contributed by atoms with Gasteiger partial charge in [0.05, 0.1) is 0 Å². The molecule has 0 aliphatic heterocycles. The quantitative estimate of drug-likeness (QED) is 0.405. The molecule has 0 saturated carbocycles. The minimum atomic E-state index is -2.61. The van der Waals surface area contributed by atoms with Crippen LogP contribution in [0.15, 0.2) is 0 Å². The SMILES string of the molecule is N#S(=O)O. The summed E-state index contributed by atoms with van der Waals surface area (Å²) in [5.74, 6) is 0. The molecule has 1 N–H and O–H groups in total. The second-order valence-corrected chi connectivity index (χ2v) is 0.692. The summed E-state index contributed by atoms with van der Waals surface area (Å²) in [6, 6.07) is 0. The summed E-state index contributed by atoms with van der Waals surface area (Å²) in [6.07, 6.45) is 0. The van der Waals surface area contributed by atoms with Gasteiger partial charge in [-0.25, -0.2) is 0 Å². The van der Waals surface area contributed by atoms with E-state index in [9.17, 15) is 0 Å². The molecule has 0 aliphatic carbocycles. The summed E-state index contributed by atoms with van der Waals surface area (Å²) in [5, 5.41) is 0. The molecule has 0 amide bonds. The Bertz CT molecular complexity index is 96.2. The van der Waals surface area contributed by atoms with Gasteiger partial charge in [0.1, 0.15) is 0 Å². The molecule has 0 rings (SSSR count). The zero-order valence-electron chi connectivity index (χ0n) is 1.71. The van der Waals surface area contributed by atoms with Crippen LogP contribution in [-0.4, -0.2) is 8.76 Å². The van der Waals surface area contributed by atoms with Crippen molar-refractivity contribution in [2.45, 2.75) is 0 Å². The highest BCUT2D eigenvalue weighted by molar-refractivity contribution is 7.64. The summed E-state index contributed by atoms with van der Waals surface area (Å²) in [4.78, 5) is 0. The van der Waals surface area contributed by atoms with E-state index >= 15 is 0 Å². The maximum Gasteiger partial charge on any atom is 0.304 e. The van der Waals surface area contributed by atoms with Crippen molar-refractivity contribution in [2.75, 3.05) is 0 Å². The average molecular weight is 79.1 g/mol. The van der Waals surface area contributed by atoms with Crippen LogP contribution in [-0.2, 0) is 10.7 Å². The Morgan fingerprint density at radius 3 is 2.00 bits per heavy atom. The molecule has 0 saturated heterocycles. The lowest BCUT2D eigenvalue weighted by molar-refractivity contribution is 0.577. The minimum absolute atomic E-state index is 2.61. The van der Waals surface area contributed by atoms with E-state index in [-0.39, 0.29) is 0 Å². The van der Waals surface area contributed by atoms with E-state index in [1.807, 2.05) is 0 Å². The first-order chi connectivity index (χ1) is 1.73. The Balaban J connectivity index is 3.85. The summed E-state index contributed by atoms with van der Waals surface area (Å²) < 4.78 is 22.8. The topological polar surface area (TPSA) is 61.1 Å². The second-order valence-electron chi connectivity index (χ2n) is 0.231. The van der Waals surface area contributed by atoms with Crippen LogP contribution >= 0.6 is 0 Å². The maximum atomic E-state index is 8.67. The van der Waals surface area contributed by atoms with Crippen LogP contribution in [0.25, 0.3) is 0 Å². The molecule has 4 heavy (non-hydrogen) atoms. The molecule has 0 bridgehead atoms. The van der Waals surface area contributed by atoms with Crippen molar-refractivity contribution in [1.82, 2.24) is 0 Å². The Morgan fingerprint density at radius 1 is 2.00 bits per heavy atom. The number of nitrogens with zero attached hydrogens (tertiary/aromatic N) is 1. The van der Waals surface area contributed by atoms with Crippen LogP contribution in [0.3, 0.4) is 0 Å². The van der Waals surface area contributed by atoms with Gasteiger partial charge in [0.25, 0.3) is 0 Å². The van der Waals surface area contributed by atoms with Gasteiger partial charge in [-0.3, -0.25) is 4.55 Å². The van der Waals surface area contributed by atoms with Crippen molar-refractivity contribution in [1.29, 1.82) is 4.61 Å². The van der Waals surface area contributed by atoms with Crippen molar-refractivity contribution in [3.8, 4) is 0 Å². The molecular weight excluding hydrogens is 78.1 g/mol. The molecule has 4 heteroatoms. The van der Waals surface area contributed by atoms with Gasteiger partial charge in [0.15, 0.2) is 0 Å². The predicted molar refractivity (Wildman–Crippen MR) is 12.5 cm³/mol. The van der Waals surface area contributed by atoms with Crippen molar-refractivity contribution >= 4 is 10.7 Å². The fourth-order valence-corrected chi connectivity index (χ4v) is 0. The summed E-state index contributed by atoms with van der Waals surface area (Å²) in [7, 11) is -2.61. The average Bonchev–Trinajstić information content (AvgIpc) is 0.811. The first kappa shape index (κ1) is 3.69. The van der Waals surface area contributed by atoms with E-state index in [2.05, 4.69) is 0 Å². The van der Waals surface area contributed by atoms with Gasteiger partial charge in [-0.15, -0.1) is 4.61 Å². The molecule has 0 spiro atoms. The smallest absolute Gasteiger partial charge is 0.262 e. The number of hydrogen-bond acceptors (Lipinski definition) is 2. The number of rotatable bonds is 0. The van der Waals surface area contributed by atoms with Gasteiger partial charge in [-0.05, 0) is 0 Å². The molecule has 0 atom stereocenters. The van der Waals surface area contributed by atoms with Crippen molar-refractivity contribution < 1.29 is 8.76 Å². The van der Waals surface area contributed by atoms with E-state index < -0.39 is 10.7 Å². The second kappa shape index (κ2) is 1.06. The van der Waals surface area contributed by atoms with Crippen molar-refractivity contribution in [2.24, 2.45) is 0 Å². The fourth-order valence-electron chi connectivity index (χ4n) is 0. The lowest BCUT2D eigenvalue weighted by atomic mass is 14.0. The van der Waals surface area contributed by atoms with Crippen LogP contribution < -0.4 is 0 Å². The third-order valence-corrected chi connectivity index (χ3v) is 0. The van der Waals surface area contributed by atoms with Gasteiger partial charge >= 0.3 is 10.7 Å². The summed E-state index contributed by atoms with van der Waals surface area (Å²) >= 11 is 0. The summed E-state index contributed by atoms with van der Waals surface area (Å²) in [6.45, 7) is 0. The molecular formula is HNO2S. The molecule has 0 radical (unpaired) electrons. The minimum Gasteiger partial charge on any atom is -0.262 e. The van der Waals surface area contributed by atoms with Gasteiger partial charge in [0.2, 0.25) is 0 Å². The Labute approximate surface area is 25.1 Å². The third-order valence-electron chi connectivity index (χ3n) is 0. The first-order valence-electron chi connectivity index (χ1n) is 0.532. The van der Waals surface area contributed by atoms with E-state index in [0.717, 1.165) is 0 Å². The third kappa shape index (κ3) is 8.37. The standard InChI is InChI=1S/HNO2S/c1-4(2)3/h(H,2,3). The molecule has 0 aromatic rings. The molecule has 0 aliphatic rings. The molecule has 0 aromatic carbocycles. The molecule has 3 nitrogen and oxygen atoms in total. The van der Waals surface area contributed by atoms with Gasteiger partial charge in [0, 0.05) is 0 Å². The molecule has 0 fully saturated rings. The van der Waals surface area contributed by atoms with E-state index in [4.69, 9.17) is 13.4 Å². The van der Waals surface area contributed by atoms with Crippen LogP contribution in [0.2, 0.25) is 0 Å². The Hall–Kier alpha value is -0.310. The predicted octanol–water partition coefficient (Wildman–Crippen LogP) is -0.313. The Morgan fingerprint density at radius 2 is 2.00 bits per heavy atom. The zero-order valence-corrected chi connectivity index (χ0v) is 2.53. The van der Waals surface area contributed by atoms with Gasteiger partial charge in [-0.2, -0.15) is 4.21 Å². The van der Waals surface area contributed by atoms with E-state index in [1.165, 1.54) is 0 Å². The normalized spacial score (nSPS) is 6.00. The molecule has 0 aromatic heterocycles. The highest BCUT2D eigenvalue weighted by Gasteiger charge is 1.43. The van der Waals surface area contributed by atoms with Crippen molar-refractivity contribution in [3.05, 3.63) is 0 Å². The molecule has 0 unspecified atom stereocenters. The van der Waals surface area contributed by atoms with Crippen LogP contribution in [0, 0.1) is 4.61 Å². The number of hydrogen-bond donors (Lipinski definition) is 1. The van der Waals surface area contributed by atoms with Crippen LogP contribution in [0.1, 0.15) is 0 Å². The summed E-state index contributed by atoms with van der Waals surface area (Å²) in [5.41, 5.74) is 0. The lowest BCUT2D eigenvalue weighted by Gasteiger charge is -1.33. The highest BCUT2D eigenvalue weighted by atomic mass is 32.2. The maximum absolute atomic E-state index is 8.67. The van der Waals surface area contributed by atoms with E-state index in [0.29, 0.717) is 0 Å². The highest BCUT2D eigenvalue weighted by Crippen LogP contribution is 1.24.